The largest absolute Gasteiger partial charge is 0.547 e. The minimum Gasteiger partial charge on any atom is -0.534 e. The van der Waals surface area contributed by atoms with E-state index in [2.05, 4.69) is 5.32 Å². The Kier molecular flexibility index (Phi) is 8.26. The van der Waals surface area contributed by atoms with E-state index in [-0.39, 0.29) is 36.3 Å². The van der Waals surface area contributed by atoms with E-state index >= 15 is 0 Å². The minimum absolute atomic E-state index is 0.0336. The van der Waals surface area contributed by atoms with Gasteiger partial charge in [0, 0.05) is 6.42 Å². The van der Waals surface area contributed by atoms with Crippen LogP contribution in [-0.4, -0.2) is 56.9 Å². The van der Waals surface area contributed by atoms with Crippen LogP contribution in [0.1, 0.15) is 49.5 Å². The summed E-state index contributed by atoms with van der Waals surface area (Å²) < 4.78 is 37.2. The van der Waals surface area contributed by atoms with Crippen molar-refractivity contribution in [2.75, 3.05) is 12.5 Å². The van der Waals surface area contributed by atoms with Gasteiger partial charge in [-0.15, -0.1) is 0 Å². The van der Waals surface area contributed by atoms with Crippen molar-refractivity contribution in [3.8, 4) is 5.75 Å². The van der Waals surface area contributed by atoms with Crippen molar-refractivity contribution in [2.45, 2.75) is 46.0 Å². The fourth-order valence-electron chi connectivity index (χ4n) is 2.85. The molecule has 1 heterocycles. The Labute approximate surface area is 186 Å². The lowest BCUT2D eigenvalue weighted by Crippen LogP contribution is -2.53. The lowest BCUT2D eigenvalue weighted by atomic mass is 9.72. The molecule has 0 unspecified atom stereocenters. The predicted molar refractivity (Wildman–Crippen MR) is 114 cm³/mol. The van der Waals surface area contributed by atoms with Crippen LogP contribution in [0.15, 0.2) is 18.2 Å². The summed E-state index contributed by atoms with van der Waals surface area (Å²) in [5.41, 5.74) is -0.165. The number of carbonyl (C=O) groups excluding carboxylic acids is 3. The lowest BCUT2D eigenvalue weighted by molar-refractivity contribution is -0.161. The number of nitrogens with two attached hydrogens (primary N) is 1. The molecule has 32 heavy (non-hydrogen) atoms. The third kappa shape index (κ3) is 7.50. The number of amides is 1. The van der Waals surface area contributed by atoms with Gasteiger partial charge in [-0.3, -0.25) is 9.59 Å². The van der Waals surface area contributed by atoms with Gasteiger partial charge in [-0.2, -0.15) is 0 Å². The summed E-state index contributed by atoms with van der Waals surface area (Å²) >= 11 is 0. The Morgan fingerprint density at radius 3 is 2.59 bits per heavy atom. The molecule has 0 spiro atoms. The smallest absolute Gasteiger partial charge is 0.534 e. The molecule has 0 aromatic heterocycles. The molecule has 1 atom stereocenters. The second kappa shape index (κ2) is 10.3. The highest BCUT2D eigenvalue weighted by atomic mass is 32.2. The van der Waals surface area contributed by atoms with Crippen molar-refractivity contribution in [3.05, 3.63) is 29.3 Å². The number of primary sulfonamides is 1. The zero-order valence-electron chi connectivity index (χ0n) is 18.1. The fourth-order valence-corrected chi connectivity index (χ4v) is 3.40. The van der Waals surface area contributed by atoms with Crippen molar-refractivity contribution in [3.63, 3.8) is 0 Å². The topological polar surface area (TPSA) is 171 Å². The van der Waals surface area contributed by atoms with E-state index in [0.29, 0.717) is 5.56 Å². The maximum atomic E-state index is 12.4. The molecule has 0 bridgehead atoms. The first kappa shape index (κ1) is 25.6. The van der Waals surface area contributed by atoms with Crippen molar-refractivity contribution in [2.24, 2.45) is 10.6 Å². The number of para-hydroxylation sites is 1. The van der Waals surface area contributed by atoms with E-state index in [9.17, 15) is 27.8 Å². The van der Waals surface area contributed by atoms with Gasteiger partial charge < -0.3 is 24.5 Å². The van der Waals surface area contributed by atoms with E-state index in [1.165, 1.54) is 6.07 Å². The summed E-state index contributed by atoms with van der Waals surface area (Å²) in [4.78, 5) is 36.2. The maximum absolute atomic E-state index is 12.4. The molecule has 176 valence electrons. The second-order valence-corrected chi connectivity index (χ2v) is 10.1. The van der Waals surface area contributed by atoms with Crippen LogP contribution in [0.25, 0.3) is 0 Å². The number of sulfonamides is 1. The molecule has 1 amide bonds. The van der Waals surface area contributed by atoms with Gasteiger partial charge in [0.15, 0.2) is 0 Å². The third-order valence-electron chi connectivity index (χ3n) is 4.51. The maximum Gasteiger partial charge on any atom is 0.547 e. The van der Waals surface area contributed by atoms with Gasteiger partial charge in [0.1, 0.15) is 11.3 Å². The minimum atomic E-state index is -3.66. The third-order valence-corrected chi connectivity index (χ3v) is 5.37. The van der Waals surface area contributed by atoms with Crippen LogP contribution >= 0.6 is 0 Å². The number of nitrogens with one attached hydrogen (secondary N) is 1. The Balaban J connectivity index is 1.98. The van der Waals surface area contributed by atoms with Crippen molar-refractivity contribution in [1.82, 2.24) is 5.32 Å². The summed E-state index contributed by atoms with van der Waals surface area (Å²) in [6.07, 6.45) is 0.115. The predicted octanol–water partition coefficient (Wildman–Crippen LogP) is -0.102. The number of benzene rings is 1. The number of rotatable bonds is 8. The standard InChI is InChI=1S/C19H27BN2O9S/c1-19(2,3)18(25)30-11-29-17(24)13-7-4-6-12-10-14(20(26)31-16(12)13)22-15(23)8-5-9-32(21,27)28/h4,6-7,14,26H,5,8-11H2,1-3H3,(H,22,23)(H2,21,27,28)/t14-/m0/s1. The molecule has 0 radical (unpaired) electrons. The first-order chi connectivity index (χ1) is 14.8. The molecule has 0 aliphatic carbocycles. The van der Waals surface area contributed by atoms with Gasteiger partial charge >= 0.3 is 19.1 Å². The van der Waals surface area contributed by atoms with E-state index in [4.69, 9.17) is 19.3 Å². The van der Waals surface area contributed by atoms with Crippen LogP contribution in [0.4, 0.5) is 0 Å². The van der Waals surface area contributed by atoms with Gasteiger partial charge in [0.25, 0.3) is 0 Å². The second-order valence-electron chi connectivity index (χ2n) is 8.38. The number of hydrogen-bond donors (Lipinski definition) is 3. The summed E-state index contributed by atoms with van der Waals surface area (Å²) in [7, 11) is -5.11. The molecule has 0 saturated carbocycles. The number of carbonyl (C=O) groups is 3. The SMILES string of the molecule is CC(C)(C)C(=O)OCOC(=O)c1cccc2c1OB(O)[C@@H](NC(=O)CCCS(N)(=O)=O)C2. The number of fused-ring (bicyclic) bond motifs is 1. The highest BCUT2D eigenvalue weighted by Crippen LogP contribution is 2.30. The van der Waals surface area contributed by atoms with Crippen LogP contribution in [0.5, 0.6) is 5.75 Å². The molecule has 1 aromatic rings. The summed E-state index contributed by atoms with van der Waals surface area (Å²) in [5.74, 6) is -2.84. The van der Waals surface area contributed by atoms with Gasteiger partial charge in [-0.1, -0.05) is 12.1 Å². The zero-order chi connectivity index (χ0) is 24.1. The summed E-state index contributed by atoms with van der Waals surface area (Å²) in [6.45, 7) is 4.41. The first-order valence-corrected chi connectivity index (χ1v) is 11.6. The lowest BCUT2D eigenvalue weighted by Gasteiger charge is -2.29. The van der Waals surface area contributed by atoms with Crippen LogP contribution in [0, 0.1) is 5.41 Å². The Hall–Kier alpha value is -2.64. The highest BCUT2D eigenvalue weighted by Gasteiger charge is 2.38. The highest BCUT2D eigenvalue weighted by molar-refractivity contribution is 7.89. The van der Waals surface area contributed by atoms with Crippen molar-refractivity contribution >= 4 is 35.0 Å². The van der Waals surface area contributed by atoms with E-state index in [1.807, 2.05) is 0 Å². The summed E-state index contributed by atoms with van der Waals surface area (Å²) in [5, 5.41) is 17.8. The normalized spacial score (nSPS) is 15.9. The molecule has 1 aromatic carbocycles. The molecular weight excluding hydrogens is 443 g/mol. The fraction of sp³-hybridized carbons (Fsp3) is 0.526. The molecule has 11 nitrogen and oxygen atoms in total. The number of ether oxygens (including phenoxy) is 2. The van der Waals surface area contributed by atoms with Gasteiger partial charge in [0.2, 0.25) is 22.7 Å². The van der Waals surface area contributed by atoms with Crippen molar-refractivity contribution in [1.29, 1.82) is 0 Å². The molecular formula is C19H27BN2O9S. The molecule has 0 fully saturated rings. The average Bonchev–Trinajstić information content (AvgIpc) is 2.66. The molecule has 4 N–H and O–H groups in total. The Morgan fingerprint density at radius 2 is 1.97 bits per heavy atom. The van der Waals surface area contributed by atoms with Gasteiger partial charge in [-0.25, -0.2) is 18.4 Å². The zero-order valence-corrected chi connectivity index (χ0v) is 18.9. The number of hydrogen-bond acceptors (Lipinski definition) is 9. The monoisotopic (exact) mass is 470 g/mol. The van der Waals surface area contributed by atoms with Crippen LogP contribution in [0.3, 0.4) is 0 Å². The first-order valence-electron chi connectivity index (χ1n) is 9.89. The van der Waals surface area contributed by atoms with Gasteiger partial charge in [0.05, 0.1) is 17.1 Å². The molecule has 2 rings (SSSR count). The molecule has 1 aliphatic rings. The molecule has 1 aliphatic heterocycles. The average molecular weight is 470 g/mol. The Bertz CT molecular complexity index is 976. The Morgan fingerprint density at radius 1 is 1.28 bits per heavy atom. The van der Waals surface area contributed by atoms with E-state index < -0.39 is 53.1 Å². The van der Waals surface area contributed by atoms with E-state index in [1.54, 1.807) is 32.9 Å². The molecule has 13 heteroatoms. The number of esters is 2. The quantitative estimate of drug-likeness (QED) is 0.267. The van der Waals surface area contributed by atoms with Crippen molar-refractivity contribution < 1.29 is 42.0 Å². The van der Waals surface area contributed by atoms with Crippen LogP contribution < -0.4 is 15.1 Å². The molecule has 0 saturated heterocycles. The van der Waals surface area contributed by atoms with Crippen LogP contribution in [0.2, 0.25) is 0 Å². The van der Waals surface area contributed by atoms with E-state index in [0.717, 1.165) is 0 Å². The summed E-state index contributed by atoms with van der Waals surface area (Å²) in [6, 6.07) is 4.69. The van der Waals surface area contributed by atoms with Crippen LogP contribution in [-0.2, 0) is 35.5 Å². The van der Waals surface area contributed by atoms with Gasteiger partial charge in [-0.05, 0) is 45.2 Å².